The lowest BCUT2D eigenvalue weighted by atomic mass is 10.1. The van der Waals surface area contributed by atoms with Crippen LogP contribution in [0, 0.1) is 20.8 Å². The first-order valence-electron chi connectivity index (χ1n) is 11.0. The predicted molar refractivity (Wildman–Crippen MR) is 132 cm³/mol. The molecule has 0 spiro atoms. The molecule has 5 rings (SSSR count). The van der Waals surface area contributed by atoms with Crippen LogP contribution in [-0.2, 0) is 9.59 Å². The van der Waals surface area contributed by atoms with Gasteiger partial charge in [0.25, 0.3) is 5.95 Å². The fraction of sp³-hybridized carbons (Fsp3) is 0.200. The van der Waals surface area contributed by atoms with Gasteiger partial charge in [0.2, 0.25) is 11.9 Å². The number of thiazole rings is 1. The van der Waals surface area contributed by atoms with Crippen LogP contribution >= 0.6 is 11.3 Å². The van der Waals surface area contributed by atoms with Crippen LogP contribution in [0.15, 0.2) is 53.5 Å². The molecule has 0 aliphatic carbocycles. The van der Waals surface area contributed by atoms with Gasteiger partial charge in [0.05, 0.1) is 28.6 Å². The van der Waals surface area contributed by atoms with Crippen molar-refractivity contribution < 1.29 is 14.7 Å². The normalized spacial score (nSPS) is 17.1. The molecule has 2 aromatic carbocycles. The summed E-state index contributed by atoms with van der Waals surface area (Å²) in [7, 11) is 0. The van der Waals surface area contributed by atoms with E-state index in [2.05, 4.69) is 26.3 Å². The number of hydrogen-bond donors (Lipinski definition) is 1. The molecule has 1 N–H and O–H groups in total. The van der Waals surface area contributed by atoms with Gasteiger partial charge in [-0.15, -0.1) is 11.3 Å². The van der Waals surface area contributed by atoms with Crippen molar-refractivity contribution in [1.82, 2.24) is 20.3 Å². The van der Waals surface area contributed by atoms with Gasteiger partial charge in [0.1, 0.15) is 5.01 Å². The zero-order chi connectivity index (χ0) is 24.7. The van der Waals surface area contributed by atoms with E-state index in [-0.39, 0.29) is 18.3 Å². The Balaban J connectivity index is 1.54. The van der Waals surface area contributed by atoms with Crippen LogP contribution in [0.25, 0.3) is 20.8 Å². The van der Waals surface area contributed by atoms with Gasteiger partial charge in [-0.3, -0.25) is 10.1 Å². The monoisotopic (exact) mass is 485 g/mol. The molecule has 1 aliphatic heterocycles. The molecule has 176 valence electrons. The summed E-state index contributed by atoms with van der Waals surface area (Å²) in [5, 5.41) is 15.5. The lowest BCUT2D eigenvalue weighted by molar-refractivity contribution is -0.307. The van der Waals surface area contributed by atoms with Gasteiger partial charge in [-0.1, -0.05) is 6.07 Å². The second-order valence-corrected chi connectivity index (χ2v) is 9.41. The number of nitrogens with zero attached hydrogens (tertiary/aromatic N) is 5. The Bertz CT molecular complexity index is 1470. The number of nitrogens with one attached hydrogen (secondary N) is 1. The fourth-order valence-electron chi connectivity index (χ4n) is 4.00. The van der Waals surface area contributed by atoms with Crippen LogP contribution in [-0.4, -0.2) is 38.8 Å². The Kier molecular flexibility index (Phi) is 5.73. The minimum absolute atomic E-state index is 0.0312. The number of fused-ring (bicyclic) bond motifs is 1. The van der Waals surface area contributed by atoms with Crippen molar-refractivity contribution in [3.05, 3.63) is 65.5 Å². The summed E-state index contributed by atoms with van der Waals surface area (Å²) in [5.41, 5.74) is 4.94. The molecule has 10 heteroatoms. The molecule has 1 saturated heterocycles. The summed E-state index contributed by atoms with van der Waals surface area (Å²) in [6.07, 6.45) is -0.270. The second-order valence-electron chi connectivity index (χ2n) is 8.38. The Morgan fingerprint density at radius 3 is 2.46 bits per heavy atom. The summed E-state index contributed by atoms with van der Waals surface area (Å²) in [6.45, 7) is 5.66. The molecule has 1 amide bonds. The van der Waals surface area contributed by atoms with E-state index in [0.717, 1.165) is 20.8 Å². The highest BCUT2D eigenvalue weighted by Crippen LogP contribution is 2.32. The van der Waals surface area contributed by atoms with E-state index in [0.29, 0.717) is 17.1 Å². The van der Waals surface area contributed by atoms with Gasteiger partial charge >= 0.3 is 0 Å². The number of carbonyl (C=O) groups excluding carboxylic acids is 2. The van der Waals surface area contributed by atoms with Gasteiger partial charge in [0.15, 0.2) is 0 Å². The lowest BCUT2D eigenvalue weighted by Gasteiger charge is -2.38. The number of aliphatic imine (C=N–C) groups is 1. The van der Waals surface area contributed by atoms with Crippen molar-refractivity contribution in [3.8, 4) is 10.6 Å². The van der Waals surface area contributed by atoms with Crippen LogP contribution in [0.3, 0.4) is 0 Å². The van der Waals surface area contributed by atoms with Crippen LogP contribution in [0.2, 0.25) is 0 Å². The van der Waals surface area contributed by atoms with E-state index in [1.165, 1.54) is 10.5 Å². The highest BCUT2D eigenvalue weighted by molar-refractivity contribution is 7.21. The van der Waals surface area contributed by atoms with Gasteiger partial charge in [-0.05, 0) is 68.8 Å². The van der Waals surface area contributed by atoms with Crippen LogP contribution < -0.4 is 15.3 Å². The third kappa shape index (κ3) is 4.60. The number of aryl methyl sites for hydroxylation is 3. The summed E-state index contributed by atoms with van der Waals surface area (Å²) in [5.74, 6) is -1.69. The molecule has 1 unspecified atom stereocenters. The molecular weight excluding hydrogens is 464 g/mol. The fourth-order valence-corrected chi connectivity index (χ4v) is 5.06. The Labute approximate surface area is 205 Å². The van der Waals surface area contributed by atoms with Gasteiger partial charge in [-0.2, -0.15) is 4.99 Å². The topological polar surface area (TPSA) is 124 Å². The zero-order valence-corrected chi connectivity index (χ0v) is 20.1. The first-order valence-corrected chi connectivity index (χ1v) is 11.8. The highest BCUT2D eigenvalue weighted by Gasteiger charge is 2.33. The van der Waals surface area contributed by atoms with Crippen molar-refractivity contribution in [2.24, 2.45) is 4.99 Å². The van der Waals surface area contributed by atoms with Crippen LogP contribution in [0.1, 0.15) is 23.4 Å². The summed E-state index contributed by atoms with van der Waals surface area (Å²) < 4.78 is 1.10. The molecule has 1 fully saturated rings. The first kappa shape index (κ1) is 22.6. The lowest BCUT2D eigenvalue weighted by Crippen LogP contribution is -2.61. The molecule has 9 nitrogen and oxygen atoms in total. The number of hydrogen-bond acceptors (Lipinski definition) is 8. The average Bonchev–Trinajstić information content (AvgIpc) is 3.21. The maximum absolute atomic E-state index is 12.3. The van der Waals surface area contributed by atoms with E-state index < -0.39 is 17.9 Å². The van der Waals surface area contributed by atoms with E-state index in [4.69, 9.17) is 4.98 Å². The molecule has 2 aromatic heterocycles. The van der Waals surface area contributed by atoms with Crippen molar-refractivity contribution in [1.29, 1.82) is 0 Å². The predicted octanol–water partition coefficient (Wildman–Crippen LogP) is 2.81. The number of amides is 1. The second kappa shape index (κ2) is 8.88. The standard InChI is InChI=1S/C25H22N6O3S/c1-13-4-9-18-20(10-13)35-22(28-18)16-5-7-17(8-6-16)31-19(23(33)34)12-21(32)29-25(31)30-24-26-14(2)11-15(3)27-24/h4-11,19H,12H2,1-3H3,(H,33,34)(H,26,27,29,30,32)/p-1. The largest absolute Gasteiger partial charge is 0.548 e. The molecule has 4 aromatic rings. The van der Waals surface area contributed by atoms with Gasteiger partial charge < -0.3 is 14.8 Å². The molecule has 0 bridgehead atoms. The SMILES string of the molecule is Cc1ccc2nc(-c3ccc(N4/C(=N/c5nc(C)cc(C)n5)NC(=O)CC4C(=O)[O-])cc3)sc2c1. The van der Waals surface area contributed by atoms with Gasteiger partial charge in [0, 0.05) is 22.6 Å². The number of carboxylic acids is 1. The third-order valence-electron chi connectivity index (χ3n) is 5.55. The molecular formula is C25H21N6O3S-. The van der Waals surface area contributed by atoms with Crippen LogP contribution in [0.4, 0.5) is 11.6 Å². The number of carbonyl (C=O) groups is 2. The number of anilines is 1. The number of carboxylic acid groups (broad SMARTS) is 1. The van der Waals surface area contributed by atoms with Crippen molar-refractivity contribution >= 4 is 51.0 Å². The Morgan fingerprint density at radius 2 is 1.77 bits per heavy atom. The quantitative estimate of drug-likeness (QED) is 0.471. The Hall–Kier alpha value is -4.18. The third-order valence-corrected chi connectivity index (χ3v) is 6.62. The van der Waals surface area contributed by atoms with E-state index >= 15 is 0 Å². The summed E-state index contributed by atoms with van der Waals surface area (Å²) >= 11 is 1.59. The van der Waals surface area contributed by atoms with Crippen molar-refractivity contribution in [3.63, 3.8) is 0 Å². The maximum atomic E-state index is 12.3. The molecule has 1 atom stereocenters. The molecule has 0 radical (unpaired) electrons. The zero-order valence-electron chi connectivity index (χ0n) is 19.3. The molecule has 3 heterocycles. The molecule has 1 aliphatic rings. The maximum Gasteiger partial charge on any atom is 0.253 e. The van der Waals surface area contributed by atoms with E-state index in [1.54, 1.807) is 29.5 Å². The van der Waals surface area contributed by atoms with E-state index in [1.807, 2.05) is 45.0 Å². The minimum atomic E-state index is -1.38. The number of benzene rings is 2. The minimum Gasteiger partial charge on any atom is -0.548 e. The molecule has 35 heavy (non-hydrogen) atoms. The van der Waals surface area contributed by atoms with Crippen molar-refractivity contribution in [2.75, 3.05) is 4.90 Å². The average molecular weight is 486 g/mol. The Morgan fingerprint density at radius 1 is 1.06 bits per heavy atom. The van der Waals surface area contributed by atoms with Crippen molar-refractivity contribution in [2.45, 2.75) is 33.2 Å². The molecule has 0 saturated carbocycles. The van der Waals surface area contributed by atoms with Gasteiger partial charge in [-0.25, -0.2) is 15.0 Å². The first-order chi connectivity index (χ1) is 16.8. The smallest absolute Gasteiger partial charge is 0.253 e. The number of guanidine groups is 1. The summed E-state index contributed by atoms with van der Waals surface area (Å²) in [6, 6.07) is 14.0. The number of rotatable bonds is 4. The summed E-state index contributed by atoms with van der Waals surface area (Å²) in [4.78, 5) is 43.4. The number of aliphatic carboxylic acids is 1. The highest BCUT2D eigenvalue weighted by atomic mass is 32.1. The van der Waals surface area contributed by atoms with E-state index in [9.17, 15) is 14.7 Å². The number of aromatic nitrogens is 3. The van der Waals surface area contributed by atoms with Crippen LogP contribution in [0.5, 0.6) is 0 Å².